The Kier molecular flexibility index (Phi) is 34.3. The Morgan fingerprint density at radius 2 is 0.881 bits per heavy atom. The molecule has 5 heteroatoms. The number of unbranched alkanes of at least 4 members (excludes halogenated alkanes) is 25. The van der Waals surface area contributed by atoms with Gasteiger partial charge in [-0.2, -0.15) is 0 Å². The van der Waals surface area contributed by atoms with Crippen LogP contribution in [0.5, 0.6) is 0 Å². The zero-order valence-electron chi connectivity index (χ0n) is 28.6. The van der Waals surface area contributed by atoms with Crippen LogP contribution in [-0.4, -0.2) is 53.6 Å². The molecule has 1 atom stereocenters. The third-order valence-electron chi connectivity index (χ3n) is 8.69. The van der Waals surface area contributed by atoms with Crippen LogP contribution in [0.15, 0.2) is 0 Å². The molecule has 42 heavy (non-hydrogen) atoms. The fourth-order valence-electron chi connectivity index (χ4n) is 5.93. The largest absolute Gasteiger partial charge is 0.396 e. The van der Waals surface area contributed by atoms with E-state index in [4.69, 9.17) is 4.74 Å². The van der Waals surface area contributed by atoms with Gasteiger partial charge in [0.2, 0.25) is 5.91 Å². The maximum absolute atomic E-state index is 13.0. The number of rotatable bonds is 35. The third kappa shape index (κ3) is 28.1. The second kappa shape index (κ2) is 34.8. The van der Waals surface area contributed by atoms with E-state index in [1.807, 2.05) is 0 Å². The van der Waals surface area contributed by atoms with Crippen molar-refractivity contribution in [1.82, 2.24) is 4.90 Å². The van der Waals surface area contributed by atoms with Crippen LogP contribution in [0.3, 0.4) is 0 Å². The predicted molar refractivity (Wildman–Crippen MR) is 181 cm³/mol. The molecule has 2 N–H and O–H groups in total. The van der Waals surface area contributed by atoms with Crippen molar-refractivity contribution in [3.05, 3.63) is 0 Å². The molecule has 0 saturated heterocycles. The van der Waals surface area contributed by atoms with Crippen LogP contribution in [0.4, 0.5) is 0 Å². The lowest BCUT2D eigenvalue weighted by Gasteiger charge is -2.31. The summed E-state index contributed by atoms with van der Waals surface area (Å²) in [7, 11) is 0. The van der Waals surface area contributed by atoms with Gasteiger partial charge < -0.3 is 19.8 Å². The SMILES string of the molecule is CCCCCCCCCCCCCCCCOC(CCO)N(CCO)C(=O)CCCCCCCCCCCCCCC. The molecule has 1 unspecified atom stereocenters. The maximum Gasteiger partial charge on any atom is 0.224 e. The van der Waals surface area contributed by atoms with Crippen LogP contribution in [0, 0.1) is 0 Å². The van der Waals surface area contributed by atoms with E-state index in [-0.39, 0.29) is 25.7 Å². The lowest BCUT2D eigenvalue weighted by molar-refractivity contribution is -0.149. The number of aliphatic hydroxyl groups is 2. The summed E-state index contributed by atoms with van der Waals surface area (Å²) in [5.41, 5.74) is 0. The Labute approximate surface area is 263 Å². The van der Waals surface area contributed by atoms with Crippen molar-refractivity contribution in [2.45, 2.75) is 206 Å². The van der Waals surface area contributed by atoms with E-state index >= 15 is 0 Å². The highest BCUT2D eigenvalue weighted by atomic mass is 16.5. The highest BCUT2D eigenvalue weighted by Gasteiger charge is 2.23. The van der Waals surface area contributed by atoms with Gasteiger partial charge in [0.25, 0.3) is 0 Å². The number of carbonyl (C=O) groups is 1. The zero-order valence-corrected chi connectivity index (χ0v) is 28.6. The molecule has 0 fully saturated rings. The molecule has 5 nitrogen and oxygen atoms in total. The Morgan fingerprint density at radius 3 is 1.24 bits per heavy atom. The van der Waals surface area contributed by atoms with Gasteiger partial charge in [0.05, 0.1) is 6.61 Å². The van der Waals surface area contributed by atoms with Crippen molar-refractivity contribution in [1.29, 1.82) is 0 Å². The van der Waals surface area contributed by atoms with Gasteiger partial charge in [-0.1, -0.05) is 174 Å². The summed E-state index contributed by atoms with van der Waals surface area (Å²) in [5, 5.41) is 19.2. The minimum atomic E-state index is -0.432. The van der Waals surface area contributed by atoms with Crippen molar-refractivity contribution in [3.63, 3.8) is 0 Å². The molecule has 0 radical (unpaired) electrons. The molecule has 252 valence electrons. The molecule has 0 aliphatic carbocycles. The van der Waals surface area contributed by atoms with Gasteiger partial charge in [0.15, 0.2) is 0 Å². The summed E-state index contributed by atoms with van der Waals surface area (Å²) in [6, 6.07) is 0. The van der Waals surface area contributed by atoms with E-state index in [9.17, 15) is 15.0 Å². The van der Waals surface area contributed by atoms with Crippen LogP contribution in [-0.2, 0) is 9.53 Å². The summed E-state index contributed by atoms with van der Waals surface area (Å²) in [6.07, 6.45) is 35.7. The lowest BCUT2D eigenvalue weighted by atomic mass is 10.0. The van der Waals surface area contributed by atoms with Crippen LogP contribution >= 0.6 is 0 Å². The fourth-order valence-corrected chi connectivity index (χ4v) is 5.93. The molecule has 0 aliphatic heterocycles. The van der Waals surface area contributed by atoms with Crippen LogP contribution in [0.25, 0.3) is 0 Å². The van der Waals surface area contributed by atoms with Gasteiger partial charge in [-0.3, -0.25) is 4.79 Å². The lowest BCUT2D eigenvalue weighted by Crippen LogP contribution is -2.44. The van der Waals surface area contributed by atoms with E-state index in [2.05, 4.69) is 13.8 Å². The van der Waals surface area contributed by atoms with Crippen molar-refractivity contribution < 1.29 is 19.7 Å². The number of amides is 1. The molecule has 0 saturated carbocycles. The molecule has 0 rings (SSSR count). The molecule has 0 aliphatic rings. The average molecular weight is 598 g/mol. The molecule has 1 amide bonds. The molecule has 0 aromatic heterocycles. The number of carbonyl (C=O) groups excluding carboxylic acids is 1. The van der Waals surface area contributed by atoms with Crippen molar-refractivity contribution in [3.8, 4) is 0 Å². The Hall–Kier alpha value is -0.650. The summed E-state index contributed by atoms with van der Waals surface area (Å²) < 4.78 is 6.08. The topological polar surface area (TPSA) is 70.0 Å². The van der Waals surface area contributed by atoms with Gasteiger partial charge in [0.1, 0.15) is 6.23 Å². The number of aliphatic hydroxyl groups excluding tert-OH is 2. The smallest absolute Gasteiger partial charge is 0.224 e. The summed E-state index contributed by atoms with van der Waals surface area (Å²) >= 11 is 0. The quantitative estimate of drug-likeness (QED) is 0.0563. The van der Waals surface area contributed by atoms with Crippen LogP contribution in [0.2, 0.25) is 0 Å². The molecular formula is C37H75NO4. The van der Waals surface area contributed by atoms with Gasteiger partial charge in [0, 0.05) is 32.6 Å². The molecule has 0 spiro atoms. The van der Waals surface area contributed by atoms with Gasteiger partial charge >= 0.3 is 0 Å². The molecule has 0 aromatic carbocycles. The minimum absolute atomic E-state index is 0.0165. The number of hydrogen-bond acceptors (Lipinski definition) is 4. The first kappa shape index (κ1) is 41.4. The molecule has 0 aromatic rings. The third-order valence-corrected chi connectivity index (χ3v) is 8.69. The highest BCUT2D eigenvalue weighted by molar-refractivity contribution is 5.76. The highest BCUT2D eigenvalue weighted by Crippen LogP contribution is 2.16. The van der Waals surface area contributed by atoms with E-state index in [1.165, 1.54) is 148 Å². The molecule has 0 heterocycles. The van der Waals surface area contributed by atoms with E-state index in [0.717, 1.165) is 25.7 Å². The second-order valence-electron chi connectivity index (χ2n) is 12.7. The van der Waals surface area contributed by atoms with Gasteiger partial charge in [-0.15, -0.1) is 0 Å². The van der Waals surface area contributed by atoms with Crippen molar-refractivity contribution in [2.24, 2.45) is 0 Å². The first-order chi connectivity index (χ1) is 20.7. The van der Waals surface area contributed by atoms with E-state index < -0.39 is 6.23 Å². The first-order valence-corrected chi connectivity index (χ1v) is 18.8. The second-order valence-corrected chi connectivity index (χ2v) is 12.7. The van der Waals surface area contributed by atoms with Gasteiger partial charge in [-0.25, -0.2) is 0 Å². The monoisotopic (exact) mass is 598 g/mol. The van der Waals surface area contributed by atoms with Gasteiger partial charge in [-0.05, 0) is 12.8 Å². The Bertz CT molecular complexity index is 530. The van der Waals surface area contributed by atoms with E-state index in [1.54, 1.807) is 4.90 Å². The zero-order chi connectivity index (χ0) is 30.8. The van der Waals surface area contributed by atoms with E-state index in [0.29, 0.717) is 19.4 Å². The number of ether oxygens (including phenoxy) is 1. The van der Waals surface area contributed by atoms with Crippen LogP contribution in [0.1, 0.15) is 200 Å². The van der Waals surface area contributed by atoms with Crippen molar-refractivity contribution >= 4 is 5.91 Å². The predicted octanol–water partition coefficient (Wildman–Crippen LogP) is 10.5. The van der Waals surface area contributed by atoms with Crippen LogP contribution < -0.4 is 0 Å². The maximum atomic E-state index is 13.0. The fraction of sp³-hybridized carbons (Fsp3) is 0.973. The standard InChI is InChI=1S/C37H75NO4/c1-3-5-7-9-11-13-15-17-19-21-23-25-27-29-35-42-37(31-33-39)38(32-34-40)36(41)30-28-26-24-22-20-18-16-14-12-10-8-6-4-2/h37,39-40H,3-35H2,1-2H3. The van der Waals surface area contributed by atoms with Crippen molar-refractivity contribution in [2.75, 3.05) is 26.4 Å². The normalized spacial score (nSPS) is 12.2. The first-order valence-electron chi connectivity index (χ1n) is 18.8. The minimum Gasteiger partial charge on any atom is -0.396 e. The average Bonchev–Trinajstić information content (AvgIpc) is 2.99. The Balaban J connectivity index is 3.90. The summed E-state index contributed by atoms with van der Waals surface area (Å²) in [5.74, 6) is 0.0477. The molecular weight excluding hydrogens is 522 g/mol. The Morgan fingerprint density at radius 1 is 0.524 bits per heavy atom. The number of nitrogens with zero attached hydrogens (tertiary/aromatic N) is 1. The summed E-state index contributed by atoms with van der Waals surface area (Å²) in [4.78, 5) is 14.6. The summed E-state index contributed by atoms with van der Waals surface area (Å²) in [6.45, 7) is 5.34. The molecule has 0 bridgehead atoms. The number of hydrogen-bond donors (Lipinski definition) is 2.